The fourth-order valence-electron chi connectivity index (χ4n) is 2.75. The van der Waals surface area contributed by atoms with Crippen LogP contribution in [0.4, 0.5) is 26.3 Å². The van der Waals surface area contributed by atoms with E-state index in [0.29, 0.717) is 23.7 Å². The maximum atomic E-state index is 13.1. The van der Waals surface area contributed by atoms with Crippen LogP contribution in [0.15, 0.2) is 36.5 Å². The normalized spacial score (nSPS) is 13.3. The Morgan fingerprint density at radius 1 is 1.10 bits per heavy atom. The van der Waals surface area contributed by atoms with Gasteiger partial charge in [-0.1, -0.05) is 26.0 Å². The van der Waals surface area contributed by atoms with Gasteiger partial charge in [-0.2, -0.15) is 26.3 Å². The van der Waals surface area contributed by atoms with Crippen molar-refractivity contribution in [3.8, 4) is 5.69 Å². The molecule has 0 saturated carbocycles. The van der Waals surface area contributed by atoms with Crippen LogP contribution in [-0.4, -0.2) is 40.1 Å². The largest absolute Gasteiger partial charge is 0.466 e. The third-order valence-electron chi connectivity index (χ3n) is 4.29. The van der Waals surface area contributed by atoms with Crippen LogP contribution in [0.2, 0.25) is 0 Å². The number of imidazole rings is 1. The molecule has 11 heteroatoms. The first kappa shape index (κ1) is 23.5. The number of rotatable bonds is 5. The van der Waals surface area contributed by atoms with Gasteiger partial charge in [0.2, 0.25) is 0 Å². The zero-order valence-corrected chi connectivity index (χ0v) is 16.0. The Balaban J connectivity index is 2.59. The van der Waals surface area contributed by atoms with Gasteiger partial charge in [0.1, 0.15) is 5.82 Å². The first-order valence-corrected chi connectivity index (χ1v) is 8.54. The van der Waals surface area contributed by atoms with Crippen LogP contribution < -0.4 is 0 Å². The van der Waals surface area contributed by atoms with Crippen LogP contribution in [0.5, 0.6) is 0 Å². The van der Waals surface area contributed by atoms with Crippen molar-refractivity contribution in [1.29, 1.82) is 0 Å². The predicted molar refractivity (Wildman–Crippen MR) is 94.7 cm³/mol. The van der Waals surface area contributed by atoms with E-state index in [1.165, 1.54) is 23.9 Å². The fraction of sp³-hybridized carbons (Fsp3) is 0.368. The van der Waals surface area contributed by atoms with Gasteiger partial charge >= 0.3 is 18.3 Å². The highest BCUT2D eigenvalue weighted by Crippen LogP contribution is 2.50. The molecule has 1 aromatic carbocycles. The molecule has 1 heterocycles. The number of hydrogen-bond acceptors (Lipinski definition) is 4. The fourth-order valence-corrected chi connectivity index (χ4v) is 2.75. The quantitative estimate of drug-likeness (QED) is 0.426. The van der Waals surface area contributed by atoms with Crippen molar-refractivity contribution in [3.05, 3.63) is 53.6 Å². The summed E-state index contributed by atoms with van der Waals surface area (Å²) in [6, 6.07) is 3.10. The van der Waals surface area contributed by atoms with E-state index in [-0.39, 0.29) is 11.6 Å². The molecule has 0 aliphatic heterocycles. The number of carbonyl (C=O) groups is 1. The third-order valence-corrected chi connectivity index (χ3v) is 4.29. The highest BCUT2D eigenvalue weighted by Gasteiger charge is 2.71. The van der Waals surface area contributed by atoms with Crippen molar-refractivity contribution in [3.63, 3.8) is 0 Å². The van der Waals surface area contributed by atoms with Gasteiger partial charge in [-0.15, -0.1) is 0 Å². The first-order chi connectivity index (χ1) is 13.7. The number of halogens is 6. The van der Waals surface area contributed by atoms with E-state index in [2.05, 4.69) is 9.72 Å². The third kappa shape index (κ3) is 4.20. The Bertz CT molecular complexity index is 913. The number of benzene rings is 1. The van der Waals surface area contributed by atoms with Crippen molar-refractivity contribution in [1.82, 2.24) is 9.55 Å². The van der Waals surface area contributed by atoms with Gasteiger partial charge in [0.05, 0.1) is 19.0 Å². The molecule has 30 heavy (non-hydrogen) atoms. The number of aliphatic hydroxyl groups is 1. The van der Waals surface area contributed by atoms with Crippen molar-refractivity contribution in [2.24, 2.45) is 0 Å². The number of alkyl halides is 6. The van der Waals surface area contributed by atoms with Gasteiger partial charge in [-0.3, -0.25) is 4.57 Å². The zero-order valence-electron chi connectivity index (χ0n) is 16.0. The standard InChI is InChI=1S/C19H18F6N2O3/c1-11(2)16-26-10-14(8-9-15(28)30-3)27(16)13-6-4-12(5-7-13)17(29,18(20,21)22)19(23,24)25/h4-11,29H,1-3H3/b9-8+. The van der Waals surface area contributed by atoms with E-state index in [1.54, 1.807) is 13.8 Å². The number of esters is 1. The Morgan fingerprint density at radius 2 is 1.63 bits per heavy atom. The van der Waals surface area contributed by atoms with Crippen LogP contribution in [0.1, 0.15) is 36.8 Å². The Kier molecular flexibility index (Phi) is 6.36. The molecular formula is C19H18F6N2O3. The molecule has 0 unspecified atom stereocenters. The highest BCUT2D eigenvalue weighted by atomic mass is 19.4. The van der Waals surface area contributed by atoms with Gasteiger partial charge in [0.15, 0.2) is 0 Å². The summed E-state index contributed by atoms with van der Waals surface area (Å²) in [6.07, 6.45) is -8.11. The molecule has 0 aliphatic carbocycles. The lowest BCUT2D eigenvalue weighted by molar-refractivity contribution is -0.376. The van der Waals surface area contributed by atoms with Crippen molar-refractivity contribution >= 4 is 12.0 Å². The minimum absolute atomic E-state index is 0.160. The summed E-state index contributed by atoms with van der Waals surface area (Å²) in [5, 5.41) is 9.52. The molecule has 0 bridgehead atoms. The molecule has 5 nitrogen and oxygen atoms in total. The van der Waals surface area contributed by atoms with Gasteiger partial charge in [-0.25, -0.2) is 9.78 Å². The van der Waals surface area contributed by atoms with Crippen LogP contribution in [0.25, 0.3) is 11.8 Å². The molecule has 0 radical (unpaired) electrons. The Morgan fingerprint density at radius 3 is 2.07 bits per heavy atom. The van der Waals surface area contributed by atoms with Crippen molar-refractivity contribution < 1.29 is 41.0 Å². The first-order valence-electron chi connectivity index (χ1n) is 8.54. The van der Waals surface area contributed by atoms with Gasteiger partial charge in [0.25, 0.3) is 5.60 Å². The second kappa shape index (κ2) is 8.13. The van der Waals surface area contributed by atoms with Crippen LogP contribution in [0.3, 0.4) is 0 Å². The summed E-state index contributed by atoms with van der Waals surface area (Å²) in [6.45, 7) is 3.57. The summed E-state index contributed by atoms with van der Waals surface area (Å²) in [4.78, 5) is 15.5. The molecule has 0 saturated heterocycles. The van der Waals surface area contributed by atoms with Crippen molar-refractivity contribution in [2.45, 2.75) is 37.7 Å². The van der Waals surface area contributed by atoms with E-state index in [4.69, 9.17) is 0 Å². The summed E-state index contributed by atoms with van der Waals surface area (Å²) in [7, 11) is 1.17. The summed E-state index contributed by atoms with van der Waals surface area (Å²) in [5.74, 6) is -0.369. The van der Waals surface area contributed by atoms with Crippen LogP contribution in [0, 0.1) is 0 Å². The molecule has 164 valence electrons. The second-order valence-electron chi connectivity index (χ2n) is 6.64. The molecule has 0 atom stereocenters. The Hall–Kier alpha value is -2.82. The number of carbonyl (C=O) groups excluding carboxylic acids is 1. The van der Waals surface area contributed by atoms with E-state index in [1.807, 2.05) is 0 Å². The van der Waals surface area contributed by atoms with E-state index in [9.17, 15) is 36.2 Å². The van der Waals surface area contributed by atoms with Gasteiger partial charge in [-0.05, 0) is 18.2 Å². The maximum absolute atomic E-state index is 13.1. The molecule has 0 spiro atoms. The molecule has 0 amide bonds. The number of hydrogen-bond donors (Lipinski definition) is 1. The smallest absolute Gasteiger partial charge is 0.430 e. The van der Waals surface area contributed by atoms with E-state index < -0.39 is 29.5 Å². The minimum Gasteiger partial charge on any atom is -0.466 e. The molecule has 1 N–H and O–H groups in total. The highest BCUT2D eigenvalue weighted by molar-refractivity contribution is 5.86. The monoisotopic (exact) mass is 436 g/mol. The van der Waals surface area contributed by atoms with E-state index in [0.717, 1.165) is 18.2 Å². The average molecular weight is 436 g/mol. The lowest BCUT2D eigenvalue weighted by atomic mass is 9.92. The molecule has 0 aliphatic rings. The Labute approximate surface area is 167 Å². The van der Waals surface area contributed by atoms with Crippen molar-refractivity contribution in [2.75, 3.05) is 7.11 Å². The van der Waals surface area contributed by atoms with Gasteiger partial charge in [0, 0.05) is 23.2 Å². The lowest BCUT2D eigenvalue weighted by Gasteiger charge is -2.32. The number of aromatic nitrogens is 2. The maximum Gasteiger partial charge on any atom is 0.430 e. The molecule has 2 rings (SSSR count). The molecular weight excluding hydrogens is 418 g/mol. The molecule has 2 aromatic rings. The summed E-state index contributed by atoms with van der Waals surface area (Å²) >= 11 is 0. The molecule has 0 fully saturated rings. The predicted octanol–water partition coefficient (Wildman–Crippen LogP) is 4.49. The topological polar surface area (TPSA) is 64.3 Å². The van der Waals surface area contributed by atoms with E-state index >= 15 is 0 Å². The zero-order chi connectivity index (χ0) is 22.9. The summed E-state index contributed by atoms with van der Waals surface area (Å²) in [5.41, 5.74) is -5.85. The van der Waals surface area contributed by atoms with Crippen LogP contribution in [-0.2, 0) is 15.1 Å². The average Bonchev–Trinajstić information content (AvgIpc) is 3.08. The minimum atomic E-state index is -5.97. The number of methoxy groups -OCH3 is 1. The number of ether oxygens (including phenoxy) is 1. The van der Waals surface area contributed by atoms with Crippen LogP contribution >= 0.6 is 0 Å². The SMILES string of the molecule is COC(=O)/C=C/c1cnc(C(C)C)n1-c1ccc(C(O)(C(F)(F)F)C(F)(F)F)cc1. The second-order valence-corrected chi connectivity index (χ2v) is 6.64. The number of nitrogens with zero attached hydrogens (tertiary/aromatic N) is 2. The summed E-state index contributed by atoms with van der Waals surface area (Å²) < 4.78 is 84.4. The van der Waals surface area contributed by atoms with Gasteiger partial charge < -0.3 is 9.84 Å². The molecule has 1 aromatic heterocycles. The lowest BCUT2D eigenvalue weighted by Crippen LogP contribution is -2.53.